The molecule has 1 unspecified atom stereocenters. The van der Waals surface area contributed by atoms with Gasteiger partial charge in [-0.1, -0.05) is 6.07 Å². The number of hydrogen-bond acceptors (Lipinski definition) is 2. The van der Waals surface area contributed by atoms with E-state index < -0.39 is 6.17 Å². The molecule has 1 rings (SSSR count). The summed E-state index contributed by atoms with van der Waals surface area (Å²) >= 11 is 0. The van der Waals surface area contributed by atoms with Gasteiger partial charge in [-0.2, -0.15) is 0 Å². The Morgan fingerprint density at radius 2 is 2.23 bits per heavy atom. The van der Waals surface area contributed by atoms with Gasteiger partial charge in [0.1, 0.15) is 6.17 Å². The third-order valence-electron chi connectivity index (χ3n) is 1.76. The number of hydrogen-bond donors (Lipinski definition) is 1. The van der Waals surface area contributed by atoms with Gasteiger partial charge >= 0.3 is 0 Å². The highest BCUT2D eigenvalue weighted by atomic mass is 19.1. The molecule has 0 saturated heterocycles. The molecule has 1 aromatic rings. The second-order valence-electron chi connectivity index (χ2n) is 2.99. The molecule has 0 radical (unpaired) electrons. The Labute approximate surface area is 77.0 Å². The van der Waals surface area contributed by atoms with Crippen LogP contribution in [0.2, 0.25) is 0 Å². The summed E-state index contributed by atoms with van der Waals surface area (Å²) in [7, 11) is 1.47. The van der Waals surface area contributed by atoms with Gasteiger partial charge in [0.05, 0.1) is 7.11 Å². The second-order valence-corrected chi connectivity index (χ2v) is 2.99. The smallest absolute Gasteiger partial charge is 0.160 e. The third-order valence-corrected chi connectivity index (χ3v) is 1.76. The number of phenolic OH excluding ortho intramolecular Hbond substituents is 1. The minimum atomic E-state index is -0.880. The zero-order valence-electron chi connectivity index (χ0n) is 7.75. The number of phenols is 1. The lowest BCUT2D eigenvalue weighted by atomic mass is 10.1. The van der Waals surface area contributed by atoms with Crippen LogP contribution in [0.5, 0.6) is 11.5 Å². The van der Waals surface area contributed by atoms with Crippen LogP contribution in [0.1, 0.15) is 12.5 Å². The van der Waals surface area contributed by atoms with Crippen molar-refractivity contribution in [3.05, 3.63) is 23.8 Å². The Morgan fingerprint density at radius 1 is 1.54 bits per heavy atom. The highest BCUT2D eigenvalue weighted by molar-refractivity contribution is 5.41. The van der Waals surface area contributed by atoms with E-state index in [4.69, 9.17) is 4.74 Å². The van der Waals surface area contributed by atoms with Gasteiger partial charge in [-0.3, -0.25) is 0 Å². The largest absolute Gasteiger partial charge is 0.504 e. The maximum absolute atomic E-state index is 12.6. The van der Waals surface area contributed by atoms with Gasteiger partial charge < -0.3 is 9.84 Å². The van der Waals surface area contributed by atoms with Crippen molar-refractivity contribution in [2.75, 3.05) is 7.11 Å². The maximum Gasteiger partial charge on any atom is 0.160 e. The predicted molar refractivity (Wildman–Crippen MR) is 48.9 cm³/mol. The Bertz CT molecular complexity index is 284. The highest BCUT2D eigenvalue weighted by Crippen LogP contribution is 2.26. The standard InChI is InChI=1S/C10H13FO2/c1-7(11)5-8-3-4-9(12)10(6-8)13-2/h3-4,6-7,12H,5H2,1-2H3. The molecular weight excluding hydrogens is 171 g/mol. The van der Waals surface area contributed by atoms with Crippen LogP contribution in [0, 0.1) is 0 Å². The fraction of sp³-hybridized carbons (Fsp3) is 0.400. The lowest BCUT2D eigenvalue weighted by molar-refractivity contribution is 0.356. The van der Waals surface area contributed by atoms with Gasteiger partial charge in [-0.05, 0) is 24.6 Å². The summed E-state index contributed by atoms with van der Waals surface area (Å²) in [6, 6.07) is 4.84. The molecule has 72 valence electrons. The van der Waals surface area contributed by atoms with E-state index in [1.165, 1.54) is 20.1 Å². The van der Waals surface area contributed by atoms with E-state index in [9.17, 15) is 9.50 Å². The minimum absolute atomic E-state index is 0.0813. The molecule has 0 fully saturated rings. The molecule has 1 atom stereocenters. The van der Waals surface area contributed by atoms with Crippen LogP contribution in [0.25, 0.3) is 0 Å². The van der Waals surface area contributed by atoms with Crippen LogP contribution in [-0.4, -0.2) is 18.4 Å². The summed E-state index contributed by atoms with van der Waals surface area (Å²) in [5, 5.41) is 9.25. The lowest BCUT2D eigenvalue weighted by Crippen LogP contribution is -1.98. The van der Waals surface area contributed by atoms with Gasteiger partial charge in [0.2, 0.25) is 0 Å². The molecule has 1 N–H and O–H groups in total. The Balaban J connectivity index is 2.86. The normalized spacial score (nSPS) is 12.5. The van der Waals surface area contributed by atoms with Crippen molar-refractivity contribution in [2.24, 2.45) is 0 Å². The van der Waals surface area contributed by atoms with Crippen molar-refractivity contribution in [3.63, 3.8) is 0 Å². The van der Waals surface area contributed by atoms with Crippen molar-refractivity contribution < 1.29 is 14.2 Å². The van der Waals surface area contributed by atoms with Crippen LogP contribution >= 0.6 is 0 Å². The molecule has 0 heterocycles. The summed E-state index contributed by atoms with van der Waals surface area (Å²) in [6.07, 6.45) is -0.536. The Morgan fingerprint density at radius 3 is 2.77 bits per heavy atom. The average Bonchev–Trinajstić information content (AvgIpc) is 2.07. The number of halogens is 1. The van der Waals surface area contributed by atoms with Crippen LogP contribution in [0.4, 0.5) is 4.39 Å². The zero-order chi connectivity index (χ0) is 9.84. The summed E-state index contributed by atoms with van der Waals surface area (Å²) < 4.78 is 17.5. The van der Waals surface area contributed by atoms with Crippen LogP contribution in [0.3, 0.4) is 0 Å². The van der Waals surface area contributed by atoms with E-state index >= 15 is 0 Å². The van der Waals surface area contributed by atoms with Gasteiger partial charge in [0, 0.05) is 6.42 Å². The van der Waals surface area contributed by atoms with E-state index in [2.05, 4.69) is 0 Å². The molecule has 0 amide bonds. The number of alkyl halides is 1. The first-order valence-electron chi connectivity index (χ1n) is 4.13. The number of rotatable bonds is 3. The first-order valence-corrected chi connectivity index (χ1v) is 4.13. The SMILES string of the molecule is COc1cc(CC(C)F)ccc1O. The first kappa shape index (κ1) is 9.84. The monoisotopic (exact) mass is 184 g/mol. The molecule has 0 aliphatic rings. The van der Waals surface area contributed by atoms with Gasteiger partial charge in [-0.25, -0.2) is 4.39 Å². The first-order chi connectivity index (χ1) is 6.13. The number of benzene rings is 1. The van der Waals surface area contributed by atoms with E-state index in [0.29, 0.717) is 12.2 Å². The molecule has 2 nitrogen and oxygen atoms in total. The van der Waals surface area contributed by atoms with Gasteiger partial charge in [0.25, 0.3) is 0 Å². The second kappa shape index (κ2) is 4.12. The molecule has 1 aromatic carbocycles. The summed E-state index contributed by atoms with van der Waals surface area (Å²) in [6.45, 7) is 1.50. The fourth-order valence-electron chi connectivity index (χ4n) is 1.17. The van der Waals surface area contributed by atoms with Crippen molar-refractivity contribution in [3.8, 4) is 11.5 Å². The highest BCUT2D eigenvalue weighted by Gasteiger charge is 2.05. The Kier molecular flexibility index (Phi) is 3.12. The predicted octanol–water partition coefficient (Wildman–Crippen LogP) is 2.30. The maximum atomic E-state index is 12.6. The topological polar surface area (TPSA) is 29.5 Å². The van der Waals surface area contributed by atoms with Gasteiger partial charge in [0.15, 0.2) is 11.5 Å². The van der Waals surface area contributed by atoms with E-state index in [0.717, 1.165) is 5.56 Å². The van der Waals surface area contributed by atoms with Crippen molar-refractivity contribution in [2.45, 2.75) is 19.5 Å². The van der Waals surface area contributed by atoms with Crippen molar-refractivity contribution in [1.82, 2.24) is 0 Å². The molecule has 3 heteroatoms. The molecule has 0 bridgehead atoms. The molecule has 0 aromatic heterocycles. The number of ether oxygens (including phenoxy) is 1. The molecule has 0 spiro atoms. The molecule has 0 aliphatic carbocycles. The molecular formula is C10H13FO2. The van der Waals surface area contributed by atoms with Crippen LogP contribution in [-0.2, 0) is 6.42 Å². The quantitative estimate of drug-likeness (QED) is 0.781. The van der Waals surface area contributed by atoms with Gasteiger partial charge in [-0.15, -0.1) is 0 Å². The van der Waals surface area contributed by atoms with Crippen molar-refractivity contribution >= 4 is 0 Å². The third kappa shape index (κ3) is 2.61. The fourth-order valence-corrected chi connectivity index (χ4v) is 1.17. The minimum Gasteiger partial charge on any atom is -0.504 e. The molecule has 0 aliphatic heterocycles. The number of methoxy groups -OCH3 is 1. The van der Waals surface area contributed by atoms with E-state index in [1.807, 2.05) is 0 Å². The van der Waals surface area contributed by atoms with E-state index in [1.54, 1.807) is 12.1 Å². The van der Waals surface area contributed by atoms with Crippen molar-refractivity contribution in [1.29, 1.82) is 0 Å². The lowest BCUT2D eigenvalue weighted by Gasteiger charge is -2.06. The molecule has 0 saturated carbocycles. The average molecular weight is 184 g/mol. The number of aromatic hydroxyl groups is 1. The van der Waals surface area contributed by atoms with E-state index in [-0.39, 0.29) is 5.75 Å². The van der Waals surface area contributed by atoms with Crippen LogP contribution in [0.15, 0.2) is 18.2 Å². The summed E-state index contributed by atoms with van der Waals surface area (Å²) in [5.41, 5.74) is 0.824. The molecule has 13 heavy (non-hydrogen) atoms. The summed E-state index contributed by atoms with van der Waals surface area (Å²) in [5.74, 6) is 0.468. The summed E-state index contributed by atoms with van der Waals surface area (Å²) in [4.78, 5) is 0. The zero-order valence-corrected chi connectivity index (χ0v) is 7.75. The Hall–Kier alpha value is -1.25. The van der Waals surface area contributed by atoms with Crippen LogP contribution < -0.4 is 4.74 Å².